The topological polar surface area (TPSA) is 179 Å². The van der Waals surface area contributed by atoms with Crippen LogP contribution in [0.5, 0.6) is 0 Å². The number of amides is 4. The molecule has 1 aliphatic rings. The van der Waals surface area contributed by atoms with Gasteiger partial charge in [0.1, 0.15) is 23.5 Å². The highest BCUT2D eigenvalue weighted by atomic mass is 16.6. The van der Waals surface area contributed by atoms with Crippen molar-refractivity contribution < 1.29 is 29.0 Å². The zero-order valence-corrected chi connectivity index (χ0v) is 25.6. The lowest BCUT2D eigenvalue weighted by Crippen LogP contribution is -2.47. The Bertz CT molecular complexity index is 1510. The smallest absolute Gasteiger partial charge is 0.407 e. The maximum atomic E-state index is 13.6. The molecular formula is C30H40N8O6. The van der Waals surface area contributed by atoms with Gasteiger partial charge in [-0.15, -0.1) is 0 Å². The third-order valence-electron chi connectivity index (χ3n) is 6.90. The standard InChI is InChI=1S/C30H40N8O6/c1-18(2)15-23(36-28(41)42)26(39)34-21-8-6-7-20(16-21)33-25-24-22(11-14-38(24)32-17-31-25)27(40)37-12-9-19(10-13-37)35-29(43)44-30(3,4)5/h6-8,11,14,16-19,23,36H,9-10,12-13,15H2,1-5H3,(H,34,39)(H,35,43)(H,41,42)(H,31,32,33). The molecule has 0 radical (unpaired) electrons. The van der Waals surface area contributed by atoms with Gasteiger partial charge in [0.05, 0.1) is 5.56 Å². The molecule has 14 heteroatoms. The Morgan fingerprint density at radius 3 is 2.45 bits per heavy atom. The first-order valence-electron chi connectivity index (χ1n) is 14.6. The minimum Gasteiger partial charge on any atom is -0.465 e. The molecule has 3 heterocycles. The molecule has 14 nitrogen and oxygen atoms in total. The summed E-state index contributed by atoms with van der Waals surface area (Å²) >= 11 is 0. The van der Waals surface area contributed by atoms with E-state index in [-0.39, 0.29) is 17.9 Å². The second kappa shape index (κ2) is 13.6. The van der Waals surface area contributed by atoms with E-state index in [9.17, 15) is 19.2 Å². The molecule has 44 heavy (non-hydrogen) atoms. The summed E-state index contributed by atoms with van der Waals surface area (Å²) in [5.41, 5.74) is 1.37. The molecule has 0 aliphatic carbocycles. The van der Waals surface area contributed by atoms with Gasteiger partial charge in [0, 0.05) is 36.7 Å². The molecule has 0 spiro atoms. The SMILES string of the molecule is CC(C)CC(NC(=O)O)C(=O)Nc1cccc(Nc2ncnn3ccc(C(=O)N4CCC(NC(=O)OC(C)(C)C)CC4)c23)c1. The molecule has 4 amide bonds. The van der Waals surface area contributed by atoms with Crippen LogP contribution in [0.1, 0.15) is 64.2 Å². The summed E-state index contributed by atoms with van der Waals surface area (Å²) in [5.74, 6) is -0.148. The Kier molecular flexibility index (Phi) is 9.91. The van der Waals surface area contributed by atoms with Crippen LogP contribution in [0.4, 0.5) is 26.8 Å². The lowest BCUT2D eigenvalue weighted by Gasteiger charge is -2.32. The predicted molar refractivity (Wildman–Crippen MR) is 164 cm³/mol. The lowest BCUT2D eigenvalue weighted by molar-refractivity contribution is -0.118. The maximum absolute atomic E-state index is 13.6. The van der Waals surface area contributed by atoms with Crippen molar-refractivity contribution in [3.8, 4) is 0 Å². The number of carboxylic acid groups (broad SMARTS) is 1. The molecule has 3 aromatic rings. The number of fused-ring (bicyclic) bond motifs is 1. The van der Waals surface area contributed by atoms with Crippen molar-refractivity contribution >= 4 is 46.7 Å². The number of alkyl carbamates (subject to hydrolysis) is 1. The summed E-state index contributed by atoms with van der Waals surface area (Å²) in [6.07, 6.45) is 2.86. The van der Waals surface area contributed by atoms with Gasteiger partial charge in [-0.05, 0) is 70.2 Å². The molecule has 4 rings (SSSR count). The van der Waals surface area contributed by atoms with Crippen LogP contribution in [0.3, 0.4) is 0 Å². The number of rotatable bonds is 9. The van der Waals surface area contributed by atoms with Gasteiger partial charge in [-0.1, -0.05) is 19.9 Å². The van der Waals surface area contributed by atoms with Crippen LogP contribution in [0.15, 0.2) is 42.9 Å². The molecule has 1 atom stereocenters. The van der Waals surface area contributed by atoms with Gasteiger partial charge in [-0.3, -0.25) is 9.59 Å². The highest BCUT2D eigenvalue weighted by molar-refractivity contribution is 6.04. The van der Waals surface area contributed by atoms with Gasteiger partial charge in [0.15, 0.2) is 5.82 Å². The summed E-state index contributed by atoms with van der Waals surface area (Å²) in [6.45, 7) is 10.2. The number of likely N-dealkylation sites (tertiary alicyclic amines) is 1. The Labute approximate surface area is 255 Å². The summed E-state index contributed by atoms with van der Waals surface area (Å²) in [5, 5.41) is 24.6. The molecule has 1 fully saturated rings. The van der Waals surface area contributed by atoms with Crippen molar-refractivity contribution in [2.75, 3.05) is 23.7 Å². The molecule has 2 aromatic heterocycles. The van der Waals surface area contributed by atoms with E-state index >= 15 is 0 Å². The van der Waals surface area contributed by atoms with Crippen molar-refractivity contribution in [2.45, 2.75) is 71.6 Å². The highest BCUT2D eigenvalue weighted by Crippen LogP contribution is 2.26. The van der Waals surface area contributed by atoms with E-state index < -0.39 is 29.7 Å². The number of hydrogen-bond acceptors (Lipinski definition) is 8. The molecule has 1 saturated heterocycles. The van der Waals surface area contributed by atoms with E-state index in [1.165, 1.54) is 6.33 Å². The average molecular weight is 609 g/mol. The molecule has 5 N–H and O–H groups in total. The van der Waals surface area contributed by atoms with E-state index in [0.717, 1.165) is 0 Å². The highest BCUT2D eigenvalue weighted by Gasteiger charge is 2.28. The number of hydrogen-bond donors (Lipinski definition) is 5. The van der Waals surface area contributed by atoms with E-state index in [0.29, 0.717) is 60.6 Å². The fourth-order valence-corrected chi connectivity index (χ4v) is 4.98. The van der Waals surface area contributed by atoms with Crippen molar-refractivity contribution in [1.29, 1.82) is 0 Å². The number of carbonyl (C=O) groups is 4. The minimum absolute atomic E-state index is 0.0893. The fraction of sp³-hybridized carbons (Fsp3) is 0.467. The first-order chi connectivity index (χ1) is 20.8. The maximum Gasteiger partial charge on any atom is 0.407 e. The summed E-state index contributed by atoms with van der Waals surface area (Å²) in [6, 6.07) is 7.60. The van der Waals surface area contributed by atoms with E-state index in [2.05, 4.69) is 31.3 Å². The number of aromatic nitrogens is 3. The predicted octanol–water partition coefficient (Wildman–Crippen LogP) is 4.22. The third-order valence-corrected chi connectivity index (χ3v) is 6.90. The molecule has 236 valence electrons. The van der Waals surface area contributed by atoms with Gasteiger partial charge in [-0.25, -0.2) is 19.1 Å². The Hall–Kier alpha value is -4.88. The molecule has 0 bridgehead atoms. The summed E-state index contributed by atoms with van der Waals surface area (Å²) < 4.78 is 6.92. The molecule has 1 unspecified atom stereocenters. The van der Waals surface area contributed by atoms with Gasteiger partial charge in [-0.2, -0.15) is 5.10 Å². The van der Waals surface area contributed by atoms with Crippen molar-refractivity contribution in [3.63, 3.8) is 0 Å². The van der Waals surface area contributed by atoms with Crippen LogP contribution in [0.2, 0.25) is 0 Å². The average Bonchev–Trinajstić information content (AvgIpc) is 3.37. The fourth-order valence-electron chi connectivity index (χ4n) is 4.98. The second-order valence-corrected chi connectivity index (χ2v) is 12.2. The number of carbonyl (C=O) groups excluding carboxylic acids is 3. The first kappa shape index (κ1) is 32.0. The largest absolute Gasteiger partial charge is 0.465 e. The van der Waals surface area contributed by atoms with Crippen LogP contribution in [-0.4, -0.2) is 79.4 Å². The Morgan fingerprint density at radius 2 is 1.80 bits per heavy atom. The number of anilines is 3. The van der Waals surface area contributed by atoms with Gasteiger partial charge in [0.2, 0.25) is 5.91 Å². The van der Waals surface area contributed by atoms with Crippen LogP contribution < -0.4 is 21.3 Å². The summed E-state index contributed by atoms with van der Waals surface area (Å²) in [7, 11) is 0. The second-order valence-electron chi connectivity index (χ2n) is 12.2. The number of nitrogens with one attached hydrogen (secondary N) is 4. The van der Waals surface area contributed by atoms with Gasteiger partial charge < -0.3 is 36.0 Å². The summed E-state index contributed by atoms with van der Waals surface area (Å²) in [4.78, 5) is 55.9. The molecule has 1 aliphatic heterocycles. The van der Waals surface area contributed by atoms with Crippen molar-refractivity contribution in [2.24, 2.45) is 5.92 Å². The zero-order valence-electron chi connectivity index (χ0n) is 25.6. The van der Waals surface area contributed by atoms with Gasteiger partial charge >= 0.3 is 12.2 Å². The van der Waals surface area contributed by atoms with E-state index in [1.54, 1.807) is 45.9 Å². The Balaban J connectivity index is 1.45. The number of ether oxygens (including phenoxy) is 1. The number of nitrogens with zero attached hydrogens (tertiary/aromatic N) is 4. The van der Waals surface area contributed by atoms with E-state index in [4.69, 9.17) is 9.84 Å². The van der Waals surface area contributed by atoms with Crippen molar-refractivity contribution in [3.05, 3.63) is 48.4 Å². The van der Waals surface area contributed by atoms with Crippen LogP contribution in [0, 0.1) is 5.92 Å². The monoisotopic (exact) mass is 608 g/mol. The van der Waals surface area contributed by atoms with Crippen LogP contribution in [-0.2, 0) is 9.53 Å². The van der Waals surface area contributed by atoms with Gasteiger partial charge in [0.25, 0.3) is 5.91 Å². The van der Waals surface area contributed by atoms with Crippen LogP contribution >= 0.6 is 0 Å². The third kappa shape index (κ3) is 8.58. The molecular weight excluding hydrogens is 568 g/mol. The lowest BCUT2D eigenvalue weighted by atomic mass is 10.0. The molecule has 1 aromatic carbocycles. The number of benzene rings is 1. The molecule has 0 saturated carbocycles. The van der Waals surface area contributed by atoms with E-state index in [1.807, 2.05) is 34.6 Å². The normalized spacial score (nSPS) is 14.6. The zero-order chi connectivity index (χ0) is 32.0. The van der Waals surface area contributed by atoms with Crippen molar-refractivity contribution in [1.82, 2.24) is 30.1 Å². The van der Waals surface area contributed by atoms with Crippen LogP contribution in [0.25, 0.3) is 5.52 Å². The Morgan fingerprint density at radius 1 is 1.09 bits per heavy atom. The quantitative estimate of drug-likeness (QED) is 0.238. The number of piperidine rings is 1. The minimum atomic E-state index is -1.27. The first-order valence-corrected chi connectivity index (χ1v) is 14.6.